The quantitative estimate of drug-likeness (QED) is 0.814. The van der Waals surface area contributed by atoms with E-state index in [1.807, 2.05) is 37.3 Å². The molecule has 1 saturated heterocycles. The number of amides is 1. The molecule has 23 heavy (non-hydrogen) atoms. The van der Waals surface area contributed by atoms with Crippen molar-refractivity contribution in [2.45, 2.75) is 25.9 Å². The second-order valence-electron chi connectivity index (χ2n) is 6.16. The first-order valence-corrected chi connectivity index (χ1v) is 8.05. The maximum atomic E-state index is 12.7. The first-order chi connectivity index (χ1) is 11.1. The van der Waals surface area contributed by atoms with Crippen molar-refractivity contribution in [2.75, 3.05) is 6.54 Å². The fraction of sp³-hybridized carbons (Fsp3) is 0.316. The van der Waals surface area contributed by atoms with Gasteiger partial charge in [0.2, 0.25) is 5.91 Å². The molecule has 4 heteroatoms. The van der Waals surface area contributed by atoms with Crippen LogP contribution in [-0.4, -0.2) is 12.5 Å². The van der Waals surface area contributed by atoms with Gasteiger partial charge in [-0.1, -0.05) is 60.2 Å². The molecule has 1 aliphatic rings. The monoisotopic (exact) mass is 309 g/mol. The molecule has 0 saturated carbocycles. The maximum absolute atomic E-state index is 12.7. The van der Waals surface area contributed by atoms with Crippen LogP contribution in [0.3, 0.4) is 0 Å². The lowest BCUT2D eigenvalue weighted by atomic mass is 9.93. The number of benzene rings is 2. The number of carbonyl (C=O) groups excluding carboxylic acids is 1. The van der Waals surface area contributed by atoms with Crippen molar-refractivity contribution in [3.05, 3.63) is 71.3 Å². The highest BCUT2D eigenvalue weighted by Gasteiger charge is 2.34. The average Bonchev–Trinajstić information content (AvgIpc) is 3.06. The number of rotatable bonds is 4. The van der Waals surface area contributed by atoms with E-state index in [0.717, 1.165) is 11.1 Å². The van der Waals surface area contributed by atoms with E-state index in [2.05, 4.69) is 47.4 Å². The Morgan fingerprint density at radius 3 is 2.52 bits per heavy atom. The highest BCUT2D eigenvalue weighted by molar-refractivity contribution is 5.80. The number of carbonyl (C=O) groups is 1. The highest BCUT2D eigenvalue weighted by atomic mass is 16.2. The molecule has 120 valence electrons. The highest BCUT2D eigenvalue weighted by Crippen LogP contribution is 2.25. The van der Waals surface area contributed by atoms with E-state index in [1.54, 1.807) is 0 Å². The van der Waals surface area contributed by atoms with Crippen molar-refractivity contribution in [1.29, 1.82) is 0 Å². The molecule has 2 aromatic carbocycles. The summed E-state index contributed by atoms with van der Waals surface area (Å²) >= 11 is 0. The Balaban J connectivity index is 1.68. The average molecular weight is 309 g/mol. The Morgan fingerprint density at radius 1 is 1.13 bits per heavy atom. The predicted molar refractivity (Wildman–Crippen MR) is 91.5 cm³/mol. The van der Waals surface area contributed by atoms with E-state index in [4.69, 9.17) is 0 Å². The number of hydrogen-bond acceptors (Lipinski definition) is 3. The maximum Gasteiger partial charge on any atom is 0.226 e. The van der Waals surface area contributed by atoms with Gasteiger partial charge >= 0.3 is 0 Å². The topological polar surface area (TPSA) is 53.2 Å². The fourth-order valence-electron chi connectivity index (χ4n) is 2.98. The van der Waals surface area contributed by atoms with Gasteiger partial charge in [-0.2, -0.15) is 0 Å². The molecule has 3 unspecified atom stereocenters. The van der Waals surface area contributed by atoms with Gasteiger partial charge in [0.1, 0.15) is 0 Å². The standard InChI is InChI=1S/C19H23N3O/c1-13-8-10-15(11-9-13)14(2)21-19(23)17-12-20-22-18(17)16-6-4-3-5-7-16/h3-11,14,17-18,20,22H,12H2,1-2H3,(H,21,23). The van der Waals surface area contributed by atoms with Gasteiger partial charge in [0.05, 0.1) is 18.0 Å². The first kappa shape index (κ1) is 15.7. The van der Waals surface area contributed by atoms with Crippen LogP contribution in [-0.2, 0) is 4.79 Å². The van der Waals surface area contributed by atoms with Crippen LogP contribution in [0.25, 0.3) is 0 Å². The van der Waals surface area contributed by atoms with Crippen molar-refractivity contribution in [1.82, 2.24) is 16.2 Å². The Morgan fingerprint density at radius 2 is 1.83 bits per heavy atom. The molecule has 0 spiro atoms. The zero-order valence-electron chi connectivity index (χ0n) is 13.5. The Hall–Kier alpha value is -2.17. The zero-order valence-corrected chi connectivity index (χ0v) is 13.5. The molecule has 1 fully saturated rings. The predicted octanol–water partition coefficient (Wildman–Crippen LogP) is 2.64. The number of nitrogens with one attached hydrogen (secondary N) is 3. The summed E-state index contributed by atoms with van der Waals surface area (Å²) in [5.41, 5.74) is 9.80. The van der Waals surface area contributed by atoms with Crippen LogP contribution in [0.2, 0.25) is 0 Å². The van der Waals surface area contributed by atoms with Crippen LogP contribution in [0.1, 0.15) is 35.7 Å². The molecule has 4 nitrogen and oxygen atoms in total. The molecule has 0 radical (unpaired) electrons. The van der Waals surface area contributed by atoms with Crippen molar-refractivity contribution in [2.24, 2.45) is 5.92 Å². The number of aryl methyl sites for hydroxylation is 1. The Kier molecular flexibility index (Phi) is 4.74. The van der Waals surface area contributed by atoms with Crippen molar-refractivity contribution in [3.63, 3.8) is 0 Å². The van der Waals surface area contributed by atoms with Gasteiger partial charge in [-0.05, 0) is 25.0 Å². The van der Waals surface area contributed by atoms with Crippen LogP contribution in [0.5, 0.6) is 0 Å². The van der Waals surface area contributed by atoms with Gasteiger partial charge in [-0.3, -0.25) is 10.2 Å². The van der Waals surface area contributed by atoms with E-state index < -0.39 is 0 Å². The van der Waals surface area contributed by atoms with E-state index in [9.17, 15) is 4.79 Å². The minimum atomic E-state index is -0.120. The van der Waals surface area contributed by atoms with Crippen molar-refractivity contribution >= 4 is 5.91 Å². The molecule has 3 atom stereocenters. The summed E-state index contributed by atoms with van der Waals surface area (Å²) in [6.45, 7) is 4.72. The van der Waals surface area contributed by atoms with Crippen LogP contribution in [0.4, 0.5) is 0 Å². The number of hydrazine groups is 1. The third kappa shape index (κ3) is 3.60. The molecule has 2 aromatic rings. The third-order valence-electron chi connectivity index (χ3n) is 4.41. The minimum Gasteiger partial charge on any atom is -0.349 e. The van der Waals surface area contributed by atoms with Crippen molar-refractivity contribution < 1.29 is 4.79 Å². The van der Waals surface area contributed by atoms with Gasteiger partial charge in [-0.25, -0.2) is 5.43 Å². The summed E-state index contributed by atoms with van der Waals surface area (Å²) in [5.74, 6) is -0.0465. The van der Waals surface area contributed by atoms with Gasteiger partial charge in [0, 0.05) is 6.54 Å². The molecular weight excluding hydrogens is 286 g/mol. The number of hydrogen-bond donors (Lipinski definition) is 3. The summed E-state index contributed by atoms with van der Waals surface area (Å²) in [6, 6.07) is 18.4. The van der Waals surface area contributed by atoms with Gasteiger partial charge in [0.15, 0.2) is 0 Å². The SMILES string of the molecule is Cc1ccc(C(C)NC(=O)C2CNNC2c2ccccc2)cc1. The summed E-state index contributed by atoms with van der Waals surface area (Å²) in [6.07, 6.45) is 0. The smallest absolute Gasteiger partial charge is 0.226 e. The summed E-state index contributed by atoms with van der Waals surface area (Å²) in [4.78, 5) is 12.7. The molecular formula is C19H23N3O. The zero-order chi connectivity index (χ0) is 16.2. The fourth-order valence-corrected chi connectivity index (χ4v) is 2.98. The summed E-state index contributed by atoms with van der Waals surface area (Å²) < 4.78 is 0. The summed E-state index contributed by atoms with van der Waals surface area (Å²) in [5, 5.41) is 3.14. The normalized spacial score (nSPS) is 21.8. The lowest BCUT2D eigenvalue weighted by molar-refractivity contribution is -0.125. The molecule has 3 rings (SSSR count). The second kappa shape index (κ2) is 6.94. The lowest BCUT2D eigenvalue weighted by Gasteiger charge is -2.21. The Labute approximate surface area is 137 Å². The second-order valence-corrected chi connectivity index (χ2v) is 6.16. The summed E-state index contributed by atoms with van der Waals surface area (Å²) in [7, 11) is 0. The minimum absolute atomic E-state index is 0.000114. The molecule has 0 aromatic heterocycles. The molecule has 0 bridgehead atoms. The third-order valence-corrected chi connectivity index (χ3v) is 4.41. The van der Waals surface area contributed by atoms with E-state index in [0.29, 0.717) is 6.54 Å². The van der Waals surface area contributed by atoms with E-state index in [-0.39, 0.29) is 23.9 Å². The van der Waals surface area contributed by atoms with Gasteiger partial charge < -0.3 is 5.32 Å². The first-order valence-electron chi connectivity index (χ1n) is 8.05. The van der Waals surface area contributed by atoms with Gasteiger partial charge in [-0.15, -0.1) is 0 Å². The Bertz CT molecular complexity index is 654. The van der Waals surface area contributed by atoms with E-state index in [1.165, 1.54) is 5.56 Å². The van der Waals surface area contributed by atoms with E-state index >= 15 is 0 Å². The molecule has 3 N–H and O–H groups in total. The van der Waals surface area contributed by atoms with Crippen LogP contribution >= 0.6 is 0 Å². The van der Waals surface area contributed by atoms with Crippen LogP contribution in [0.15, 0.2) is 54.6 Å². The molecule has 1 heterocycles. The van der Waals surface area contributed by atoms with Gasteiger partial charge in [0.25, 0.3) is 0 Å². The van der Waals surface area contributed by atoms with Crippen molar-refractivity contribution in [3.8, 4) is 0 Å². The lowest BCUT2D eigenvalue weighted by Crippen LogP contribution is -2.36. The molecule has 0 aliphatic carbocycles. The molecule has 1 aliphatic heterocycles. The van der Waals surface area contributed by atoms with Crippen LogP contribution < -0.4 is 16.2 Å². The van der Waals surface area contributed by atoms with Crippen LogP contribution in [0, 0.1) is 12.8 Å². The molecule has 1 amide bonds. The largest absolute Gasteiger partial charge is 0.349 e.